The zero-order valence-electron chi connectivity index (χ0n) is 15.9. The number of rotatable bonds is 6. The van der Waals surface area contributed by atoms with Crippen molar-refractivity contribution >= 4 is 12.1 Å². The van der Waals surface area contributed by atoms with Crippen LogP contribution in [0.1, 0.15) is 33.6 Å². The molecule has 0 bridgehead atoms. The monoisotopic (exact) mass is 405 g/mol. The molecule has 0 spiro atoms. The Bertz CT molecular complexity index is 965. The van der Waals surface area contributed by atoms with Gasteiger partial charge in [0.15, 0.2) is 5.84 Å². The fourth-order valence-electron chi connectivity index (χ4n) is 2.47. The molecule has 152 valence electrons. The van der Waals surface area contributed by atoms with Crippen molar-refractivity contribution in [2.24, 2.45) is 10.1 Å². The highest BCUT2D eigenvalue weighted by atomic mass is 19.4. The summed E-state index contributed by atoms with van der Waals surface area (Å²) in [6.07, 6.45) is -3.57. The number of hydrogen-bond donors (Lipinski definition) is 1. The van der Waals surface area contributed by atoms with E-state index in [0.29, 0.717) is 11.9 Å². The molecule has 0 unspecified atom stereocenters. The molecule has 2 aromatic rings. The largest absolute Gasteiger partial charge is 0.416 e. The maximum atomic E-state index is 12.9. The quantitative estimate of drug-likeness (QED) is 0.452. The van der Waals surface area contributed by atoms with Crippen LogP contribution in [0.4, 0.5) is 13.2 Å². The summed E-state index contributed by atoms with van der Waals surface area (Å²) in [7, 11) is 3.05. The number of benzene rings is 1. The molecule has 1 aromatic carbocycles. The Morgan fingerprint density at radius 3 is 2.72 bits per heavy atom. The molecule has 1 aromatic heterocycles. The Morgan fingerprint density at radius 1 is 1.34 bits per heavy atom. The van der Waals surface area contributed by atoms with Gasteiger partial charge < -0.3 is 4.84 Å². The number of hydroxylamine groups is 1. The van der Waals surface area contributed by atoms with Crippen LogP contribution < -0.4 is 5.48 Å². The first kappa shape index (κ1) is 21.8. The number of pyridine rings is 1. The number of aliphatic imine (C=N–C) groups is 1. The molecule has 1 N–H and O–H groups in total. The number of nitrogens with zero attached hydrogens (tertiary/aromatic N) is 4. The first-order chi connectivity index (χ1) is 13.8. The van der Waals surface area contributed by atoms with Gasteiger partial charge in [0, 0.05) is 18.2 Å². The van der Waals surface area contributed by atoms with Crippen LogP contribution in [0.15, 0.2) is 40.5 Å². The third-order valence-electron chi connectivity index (χ3n) is 3.84. The average molecular weight is 405 g/mol. The predicted molar refractivity (Wildman–Crippen MR) is 100 cm³/mol. The lowest BCUT2D eigenvalue weighted by Crippen LogP contribution is -2.24. The van der Waals surface area contributed by atoms with Gasteiger partial charge in [0.25, 0.3) is 0 Å². The third kappa shape index (κ3) is 5.76. The van der Waals surface area contributed by atoms with Gasteiger partial charge in [0.2, 0.25) is 0 Å². The molecule has 0 radical (unpaired) electrons. The summed E-state index contributed by atoms with van der Waals surface area (Å²) in [5.74, 6) is 0.483. The Kier molecular flexibility index (Phi) is 7.27. The summed E-state index contributed by atoms with van der Waals surface area (Å²) in [4.78, 5) is 18.1. The molecule has 1 heterocycles. The van der Waals surface area contributed by atoms with Gasteiger partial charge in [0.05, 0.1) is 24.6 Å². The Balaban J connectivity index is 2.21. The van der Waals surface area contributed by atoms with Crippen molar-refractivity contribution < 1.29 is 22.8 Å². The molecule has 0 amide bonds. The molecule has 0 saturated carbocycles. The minimum absolute atomic E-state index is 0.0347. The second-order valence-corrected chi connectivity index (χ2v) is 5.76. The van der Waals surface area contributed by atoms with E-state index in [1.165, 1.54) is 7.11 Å². The minimum Gasteiger partial charge on any atom is -0.391 e. The van der Waals surface area contributed by atoms with Gasteiger partial charge in [-0.2, -0.15) is 18.4 Å². The van der Waals surface area contributed by atoms with Crippen LogP contribution in [-0.4, -0.2) is 31.2 Å². The van der Waals surface area contributed by atoms with Gasteiger partial charge >= 0.3 is 6.18 Å². The lowest BCUT2D eigenvalue weighted by Gasteiger charge is -2.14. The van der Waals surface area contributed by atoms with Crippen LogP contribution >= 0.6 is 0 Å². The van der Waals surface area contributed by atoms with Crippen LogP contribution in [0.3, 0.4) is 0 Å². The Hall–Kier alpha value is -3.45. The average Bonchev–Trinajstić information content (AvgIpc) is 2.69. The summed E-state index contributed by atoms with van der Waals surface area (Å²) in [5.41, 5.74) is 3.59. The lowest BCUT2D eigenvalue weighted by molar-refractivity contribution is -0.137. The van der Waals surface area contributed by atoms with E-state index in [9.17, 15) is 13.2 Å². The lowest BCUT2D eigenvalue weighted by atomic mass is 10.0. The standard InChI is InChI=1S/C19H18F3N5O2/c1-12-5-4-6-16(18(24-2)27-28-3)17(12)11-29-25-10-15-8-13(19(20,21)22)7-14(9-23)26-15/h4-8,10H,11H2,1-3H3,(H,24,27)/b25-10+. The molecule has 2 rings (SSSR count). The van der Waals surface area contributed by atoms with E-state index in [-0.39, 0.29) is 18.0 Å². The normalized spacial score (nSPS) is 12.1. The third-order valence-corrected chi connectivity index (χ3v) is 3.84. The molecule has 0 saturated heterocycles. The fourth-order valence-corrected chi connectivity index (χ4v) is 2.47. The first-order valence-electron chi connectivity index (χ1n) is 8.29. The van der Waals surface area contributed by atoms with Crippen molar-refractivity contribution in [3.05, 3.63) is 64.0 Å². The van der Waals surface area contributed by atoms with E-state index in [4.69, 9.17) is 14.9 Å². The molecule has 10 heteroatoms. The zero-order chi connectivity index (χ0) is 21.4. The number of hydrogen-bond acceptors (Lipinski definition) is 6. The van der Waals surface area contributed by atoms with Crippen molar-refractivity contribution in [3.63, 3.8) is 0 Å². The van der Waals surface area contributed by atoms with Crippen LogP contribution in [0.5, 0.6) is 0 Å². The number of nitriles is 1. The van der Waals surface area contributed by atoms with Crippen LogP contribution in [0.25, 0.3) is 0 Å². The van der Waals surface area contributed by atoms with E-state index in [1.54, 1.807) is 13.1 Å². The van der Waals surface area contributed by atoms with E-state index in [1.807, 2.05) is 25.1 Å². The van der Waals surface area contributed by atoms with Crippen molar-refractivity contribution in [1.82, 2.24) is 10.5 Å². The molecule has 0 aliphatic rings. The number of nitrogens with one attached hydrogen (secondary N) is 1. The van der Waals surface area contributed by atoms with Crippen molar-refractivity contribution in [2.75, 3.05) is 14.2 Å². The van der Waals surface area contributed by atoms with E-state index >= 15 is 0 Å². The number of halogens is 3. The maximum absolute atomic E-state index is 12.9. The molecular weight excluding hydrogens is 387 g/mol. The second-order valence-electron chi connectivity index (χ2n) is 5.76. The summed E-state index contributed by atoms with van der Waals surface area (Å²) in [6.45, 7) is 1.91. The number of oxime groups is 1. The van der Waals surface area contributed by atoms with Gasteiger partial charge in [-0.15, -0.1) is 0 Å². The maximum Gasteiger partial charge on any atom is 0.416 e. The first-order valence-corrected chi connectivity index (χ1v) is 8.29. The van der Waals surface area contributed by atoms with E-state index in [2.05, 4.69) is 20.6 Å². The minimum atomic E-state index is -4.60. The van der Waals surface area contributed by atoms with Crippen LogP contribution in [0, 0.1) is 18.3 Å². The van der Waals surface area contributed by atoms with Crippen molar-refractivity contribution in [2.45, 2.75) is 19.7 Å². The Morgan fingerprint density at radius 2 is 2.10 bits per heavy atom. The fraction of sp³-hybridized carbons (Fsp3) is 0.263. The van der Waals surface area contributed by atoms with Crippen molar-refractivity contribution in [3.8, 4) is 6.07 Å². The summed E-state index contributed by atoms with van der Waals surface area (Å²) < 4.78 is 38.7. The number of aryl methyl sites for hydroxylation is 1. The molecule has 0 atom stereocenters. The van der Waals surface area contributed by atoms with E-state index in [0.717, 1.165) is 29.0 Å². The van der Waals surface area contributed by atoms with Crippen LogP contribution in [-0.2, 0) is 22.5 Å². The highest BCUT2D eigenvalue weighted by Crippen LogP contribution is 2.29. The van der Waals surface area contributed by atoms with Crippen LogP contribution in [0.2, 0.25) is 0 Å². The molecule has 0 aliphatic heterocycles. The predicted octanol–water partition coefficient (Wildman–Crippen LogP) is 3.36. The molecule has 7 nitrogen and oxygen atoms in total. The highest BCUT2D eigenvalue weighted by Gasteiger charge is 2.31. The van der Waals surface area contributed by atoms with Gasteiger partial charge in [-0.25, -0.2) is 10.5 Å². The summed E-state index contributed by atoms with van der Waals surface area (Å²) in [5, 5.41) is 12.6. The molecule has 29 heavy (non-hydrogen) atoms. The smallest absolute Gasteiger partial charge is 0.391 e. The Labute approximate surface area is 165 Å². The summed E-state index contributed by atoms with van der Waals surface area (Å²) >= 11 is 0. The van der Waals surface area contributed by atoms with Gasteiger partial charge in [0.1, 0.15) is 18.4 Å². The highest BCUT2D eigenvalue weighted by molar-refractivity contribution is 5.99. The molecule has 0 aliphatic carbocycles. The zero-order valence-corrected chi connectivity index (χ0v) is 15.9. The van der Waals surface area contributed by atoms with Gasteiger partial charge in [-0.05, 0) is 24.6 Å². The second kappa shape index (κ2) is 9.66. The van der Waals surface area contributed by atoms with Gasteiger partial charge in [-0.1, -0.05) is 23.4 Å². The topological polar surface area (TPSA) is 91.9 Å². The SMILES string of the molecule is CN=C(NOC)c1cccc(C)c1CO/N=C/c1cc(C(F)(F)F)cc(C#N)n1. The van der Waals surface area contributed by atoms with E-state index < -0.39 is 11.7 Å². The molecule has 0 fully saturated rings. The van der Waals surface area contributed by atoms with Crippen molar-refractivity contribution in [1.29, 1.82) is 5.26 Å². The number of aromatic nitrogens is 1. The van der Waals surface area contributed by atoms with Gasteiger partial charge in [-0.3, -0.25) is 9.83 Å². The number of amidine groups is 1. The summed E-state index contributed by atoms with van der Waals surface area (Å²) in [6, 6.07) is 8.59. The number of alkyl halides is 3. The molecular formula is C19H18F3N5O2.